The zero-order valence-electron chi connectivity index (χ0n) is 17.0. The van der Waals surface area contributed by atoms with Crippen molar-refractivity contribution in [1.82, 2.24) is 19.0 Å². The highest BCUT2D eigenvalue weighted by molar-refractivity contribution is 7.89. The lowest BCUT2D eigenvalue weighted by Crippen LogP contribution is -2.47. The van der Waals surface area contributed by atoms with Crippen LogP contribution in [0, 0.1) is 5.82 Å². The van der Waals surface area contributed by atoms with E-state index in [1.54, 1.807) is 41.9 Å². The average molecular weight is 423 g/mol. The Morgan fingerprint density at radius 2 is 1.83 bits per heavy atom. The van der Waals surface area contributed by atoms with Crippen molar-refractivity contribution in [3.8, 4) is 5.69 Å². The van der Waals surface area contributed by atoms with Crippen molar-refractivity contribution in [1.29, 1.82) is 0 Å². The maximum absolute atomic E-state index is 13.2. The highest BCUT2D eigenvalue weighted by Crippen LogP contribution is 2.22. The van der Waals surface area contributed by atoms with E-state index in [0.717, 1.165) is 5.69 Å². The van der Waals surface area contributed by atoms with E-state index in [-0.39, 0.29) is 23.5 Å². The summed E-state index contributed by atoms with van der Waals surface area (Å²) >= 11 is 0. The van der Waals surface area contributed by atoms with Crippen molar-refractivity contribution >= 4 is 15.9 Å². The standard InChI is InChI=1S/C20H27FN4O3S/c1-4-19-18(14-22-25(19)17-8-6-15(21)7-9-17)20(26)24-12-10-16(11-13-24)23(3)29(27,28)5-2/h6-9,14,16H,4-5,10-13H2,1-3H3. The summed E-state index contributed by atoms with van der Waals surface area (Å²) in [5.41, 5.74) is 2.01. The van der Waals surface area contributed by atoms with Crippen molar-refractivity contribution in [3.05, 3.63) is 47.5 Å². The molecule has 3 rings (SSSR count). The van der Waals surface area contributed by atoms with E-state index in [0.29, 0.717) is 43.6 Å². The van der Waals surface area contributed by atoms with Crippen LogP contribution in [0.5, 0.6) is 0 Å². The molecule has 2 heterocycles. The first-order valence-electron chi connectivity index (χ1n) is 9.86. The predicted molar refractivity (Wildman–Crippen MR) is 109 cm³/mol. The summed E-state index contributed by atoms with van der Waals surface area (Å²) in [5.74, 6) is -0.353. The Balaban J connectivity index is 1.74. The van der Waals surface area contributed by atoms with E-state index in [2.05, 4.69) is 5.10 Å². The van der Waals surface area contributed by atoms with Gasteiger partial charge in [0.2, 0.25) is 10.0 Å². The summed E-state index contributed by atoms with van der Waals surface area (Å²) in [6.45, 7) is 4.58. The Hall–Kier alpha value is -2.26. The first kappa shape index (κ1) is 21.4. The quantitative estimate of drug-likeness (QED) is 0.717. The molecule has 0 unspecified atom stereocenters. The second-order valence-corrected chi connectivity index (χ2v) is 9.50. The normalized spacial score (nSPS) is 15.8. The van der Waals surface area contributed by atoms with Crippen LogP contribution in [-0.4, -0.2) is 65.2 Å². The summed E-state index contributed by atoms with van der Waals surface area (Å²) in [6.07, 6.45) is 3.38. The van der Waals surface area contributed by atoms with Gasteiger partial charge < -0.3 is 4.90 Å². The molecule has 7 nitrogen and oxygen atoms in total. The molecule has 1 saturated heterocycles. The fourth-order valence-corrected chi connectivity index (χ4v) is 4.80. The Labute approximate surface area is 171 Å². The van der Waals surface area contributed by atoms with Crippen LogP contribution in [0.4, 0.5) is 4.39 Å². The Kier molecular flexibility index (Phi) is 6.38. The lowest BCUT2D eigenvalue weighted by Gasteiger charge is -2.36. The maximum Gasteiger partial charge on any atom is 0.257 e. The van der Waals surface area contributed by atoms with Gasteiger partial charge in [-0.1, -0.05) is 6.92 Å². The lowest BCUT2D eigenvalue weighted by atomic mass is 10.0. The first-order valence-corrected chi connectivity index (χ1v) is 11.5. The number of benzene rings is 1. The predicted octanol–water partition coefficient (Wildman–Crippen LogP) is 2.46. The molecule has 1 aromatic heterocycles. The van der Waals surface area contributed by atoms with Gasteiger partial charge in [0.1, 0.15) is 5.82 Å². The second-order valence-electron chi connectivity index (χ2n) is 7.19. The molecule has 0 bridgehead atoms. The van der Waals surface area contributed by atoms with Gasteiger partial charge in [-0.15, -0.1) is 0 Å². The van der Waals surface area contributed by atoms with Gasteiger partial charge in [0.05, 0.1) is 28.9 Å². The summed E-state index contributed by atoms with van der Waals surface area (Å²) in [6, 6.07) is 5.90. The van der Waals surface area contributed by atoms with Crippen LogP contribution in [0.3, 0.4) is 0 Å². The molecule has 1 aliphatic rings. The molecule has 1 fully saturated rings. The molecule has 158 valence electrons. The smallest absolute Gasteiger partial charge is 0.257 e. The van der Waals surface area contributed by atoms with Crippen LogP contribution in [-0.2, 0) is 16.4 Å². The first-order chi connectivity index (χ1) is 13.8. The number of carbonyl (C=O) groups excluding carboxylic acids is 1. The highest BCUT2D eigenvalue weighted by Gasteiger charge is 2.31. The van der Waals surface area contributed by atoms with E-state index in [4.69, 9.17) is 0 Å². The Morgan fingerprint density at radius 1 is 1.21 bits per heavy atom. The van der Waals surface area contributed by atoms with Gasteiger partial charge in [-0.25, -0.2) is 21.8 Å². The van der Waals surface area contributed by atoms with Crippen LogP contribution >= 0.6 is 0 Å². The van der Waals surface area contributed by atoms with Gasteiger partial charge >= 0.3 is 0 Å². The van der Waals surface area contributed by atoms with Crippen molar-refractivity contribution < 1.29 is 17.6 Å². The van der Waals surface area contributed by atoms with Crippen LogP contribution in [0.15, 0.2) is 30.5 Å². The van der Waals surface area contributed by atoms with Crippen molar-refractivity contribution in [3.63, 3.8) is 0 Å². The zero-order chi connectivity index (χ0) is 21.2. The third-order valence-electron chi connectivity index (χ3n) is 5.57. The monoisotopic (exact) mass is 422 g/mol. The van der Waals surface area contributed by atoms with E-state index < -0.39 is 10.0 Å². The molecule has 9 heteroatoms. The maximum atomic E-state index is 13.2. The number of hydrogen-bond acceptors (Lipinski definition) is 4. The molecule has 29 heavy (non-hydrogen) atoms. The molecular formula is C20H27FN4O3S. The minimum absolute atomic E-state index is 0.0745. The highest BCUT2D eigenvalue weighted by atomic mass is 32.2. The topological polar surface area (TPSA) is 75.5 Å². The molecule has 0 N–H and O–H groups in total. The zero-order valence-corrected chi connectivity index (χ0v) is 17.8. The Bertz CT molecular complexity index is 964. The minimum Gasteiger partial charge on any atom is -0.338 e. The summed E-state index contributed by atoms with van der Waals surface area (Å²) in [7, 11) is -1.62. The molecule has 0 atom stereocenters. The number of aromatic nitrogens is 2. The molecule has 0 radical (unpaired) electrons. The number of amides is 1. The second kappa shape index (κ2) is 8.62. The van der Waals surface area contributed by atoms with Crippen LogP contribution < -0.4 is 0 Å². The number of rotatable bonds is 6. The molecule has 1 amide bonds. The number of sulfonamides is 1. The van der Waals surface area contributed by atoms with Crippen molar-refractivity contribution in [2.24, 2.45) is 0 Å². The van der Waals surface area contributed by atoms with Crippen LogP contribution in [0.25, 0.3) is 5.69 Å². The van der Waals surface area contributed by atoms with Crippen LogP contribution in [0.1, 0.15) is 42.7 Å². The molecule has 0 spiro atoms. The summed E-state index contributed by atoms with van der Waals surface area (Å²) in [5, 5.41) is 4.35. The molecule has 0 aliphatic carbocycles. The molecule has 1 aromatic carbocycles. The Morgan fingerprint density at radius 3 is 2.38 bits per heavy atom. The third-order valence-corrected chi connectivity index (χ3v) is 7.48. The van der Waals surface area contributed by atoms with Gasteiger partial charge in [0.25, 0.3) is 5.91 Å². The van der Waals surface area contributed by atoms with Gasteiger partial charge in [0, 0.05) is 26.2 Å². The number of halogens is 1. The van der Waals surface area contributed by atoms with Gasteiger partial charge in [0.15, 0.2) is 0 Å². The van der Waals surface area contributed by atoms with Gasteiger partial charge in [-0.3, -0.25) is 4.79 Å². The van der Waals surface area contributed by atoms with Gasteiger partial charge in [-0.2, -0.15) is 5.10 Å². The van der Waals surface area contributed by atoms with E-state index in [1.165, 1.54) is 16.4 Å². The third kappa shape index (κ3) is 4.35. The molecule has 2 aromatic rings. The fourth-order valence-electron chi connectivity index (χ4n) is 3.73. The number of piperidine rings is 1. The molecular weight excluding hydrogens is 395 g/mol. The molecule has 1 aliphatic heterocycles. The van der Waals surface area contributed by atoms with Gasteiger partial charge in [-0.05, 0) is 50.5 Å². The number of nitrogens with zero attached hydrogens (tertiary/aromatic N) is 4. The largest absolute Gasteiger partial charge is 0.338 e. The number of carbonyl (C=O) groups is 1. The number of likely N-dealkylation sites (tertiary alicyclic amines) is 1. The SMILES string of the molecule is CCc1c(C(=O)N2CCC(N(C)S(=O)(=O)CC)CC2)cnn1-c1ccc(F)cc1. The van der Waals surface area contributed by atoms with E-state index >= 15 is 0 Å². The van der Waals surface area contributed by atoms with E-state index in [9.17, 15) is 17.6 Å². The lowest BCUT2D eigenvalue weighted by molar-refractivity contribution is 0.0685. The van der Waals surface area contributed by atoms with Crippen LogP contribution in [0.2, 0.25) is 0 Å². The summed E-state index contributed by atoms with van der Waals surface area (Å²) in [4.78, 5) is 14.8. The minimum atomic E-state index is -3.24. The van der Waals surface area contributed by atoms with E-state index in [1.807, 2.05) is 6.92 Å². The fraction of sp³-hybridized carbons (Fsp3) is 0.500. The number of hydrogen-bond donors (Lipinski definition) is 0. The van der Waals surface area contributed by atoms with Crippen molar-refractivity contribution in [2.45, 2.75) is 39.2 Å². The average Bonchev–Trinajstić information content (AvgIpc) is 3.17. The summed E-state index contributed by atoms with van der Waals surface area (Å²) < 4.78 is 40.5. The molecule has 0 saturated carbocycles. The van der Waals surface area contributed by atoms with Crippen molar-refractivity contribution in [2.75, 3.05) is 25.9 Å².